The molecule has 0 radical (unpaired) electrons. The molecule has 2 aromatic rings. The SMILES string of the molecule is Cc1csc(CN(C)C(=O)c2cc(C(N)=O)cc(C(C)C)c2)n1. The smallest absolute Gasteiger partial charge is 0.254 e. The summed E-state index contributed by atoms with van der Waals surface area (Å²) in [5.74, 6) is -0.477. The van der Waals surface area contributed by atoms with Gasteiger partial charge in [0.15, 0.2) is 0 Å². The summed E-state index contributed by atoms with van der Waals surface area (Å²) in [7, 11) is 1.73. The van der Waals surface area contributed by atoms with Crippen molar-refractivity contribution in [3.8, 4) is 0 Å². The Morgan fingerprint density at radius 3 is 2.43 bits per heavy atom. The first kappa shape index (κ1) is 17.1. The Hall–Kier alpha value is -2.21. The van der Waals surface area contributed by atoms with E-state index in [9.17, 15) is 9.59 Å². The van der Waals surface area contributed by atoms with Crippen molar-refractivity contribution < 1.29 is 9.59 Å². The molecule has 0 aliphatic carbocycles. The molecule has 0 spiro atoms. The first-order chi connectivity index (χ1) is 10.8. The van der Waals surface area contributed by atoms with Crippen molar-refractivity contribution >= 4 is 23.2 Å². The molecule has 2 rings (SSSR count). The summed E-state index contributed by atoms with van der Waals surface area (Å²) in [6.07, 6.45) is 0. The quantitative estimate of drug-likeness (QED) is 0.915. The average Bonchev–Trinajstić information content (AvgIpc) is 2.90. The maximum absolute atomic E-state index is 12.7. The molecule has 0 atom stereocenters. The van der Waals surface area contributed by atoms with Crippen molar-refractivity contribution in [2.75, 3.05) is 7.05 Å². The third-order valence-electron chi connectivity index (χ3n) is 3.54. The van der Waals surface area contributed by atoms with Gasteiger partial charge in [0.25, 0.3) is 5.91 Å². The van der Waals surface area contributed by atoms with Gasteiger partial charge in [-0.15, -0.1) is 11.3 Å². The van der Waals surface area contributed by atoms with E-state index >= 15 is 0 Å². The Labute approximate surface area is 140 Å². The minimum absolute atomic E-state index is 0.150. The highest BCUT2D eigenvalue weighted by molar-refractivity contribution is 7.09. The maximum Gasteiger partial charge on any atom is 0.254 e. The molecule has 1 heterocycles. The van der Waals surface area contributed by atoms with Gasteiger partial charge < -0.3 is 10.6 Å². The molecule has 1 aromatic heterocycles. The molecule has 0 fully saturated rings. The molecule has 0 unspecified atom stereocenters. The fourth-order valence-electron chi connectivity index (χ4n) is 2.22. The Morgan fingerprint density at radius 1 is 1.26 bits per heavy atom. The zero-order chi connectivity index (χ0) is 17.1. The van der Waals surface area contributed by atoms with Crippen LogP contribution in [0.1, 0.15) is 56.7 Å². The number of rotatable bonds is 5. The van der Waals surface area contributed by atoms with Gasteiger partial charge in [-0.1, -0.05) is 13.8 Å². The van der Waals surface area contributed by atoms with E-state index in [0.29, 0.717) is 17.7 Å². The number of hydrogen-bond donors (Lipinski definition) is 1. The Kier molecular flexibility index (Phi) is 5.15. The van der Waals surface area contributed by atoms with Crippen molar-refractivity contribution in [3.63, 3.8) is 0 Å². The highest BCUT2D eigenvalue weighted by Gasteiger charge is 2.17. The van der Waals surface area contributed by atoms with Crippen LogP contribution in [0.15, 0.2) is 23.6 Å². The first-order valence-electron chi connectivity index (χ1n) is 7.39. The predicted octanol–water partition coefficient (Wildman–Crippen LogP) is 2.95. The summed E-state index contributed by atoms with van der Waals surface area (Å²) in [5.41, 5.74) is 8.08. The van der Waals surface area contributed by atoms with Crippen LogP contribution in [0.2, 0.25) is 0 Å². The molecule has 122 valence electrons. The fraction of sp³-hybridized carbons (Fsp3) is 0.353. The maximum atomic E-state index is 12.7. The van der Waals surface area contributed by atoms with Crippen molar-refractivity contribution in [3.05, 3.63) is 51.0 Å². The van der Waals surface area contributed by atoms with Crippen LogP contribution in [-0.4, -0.2) is 28.7 Å². The van der Waals surface area contributed by atoms with Crippen molar-refractivity contribution in [2.45, 2.75) is 33.2 Å². The predicted molar refractivity (Wildman–Crippen MR) is 91.7 cm³/mol. The summed E-state index contributed by atoms with van der Waals surface area (Å²) >= 11 is 1.53. The Morgan fingerprint density at radius 2 is 1.91 bits per heavy atom. The number of nitrogens with zero attached hydrogens (tertiary/aromatic N) is 2. The van der Waals surface area contributed by atoms with E-state index < -0.39 is 5.91 Å². The van der Waals surface area contributed by atoms with E-state index in [1.54, 1.807) is 24.1 Å². The molecular formula is C17H21N3O2S. The van der Waals surface area contributed by atoms with Gasteiger partial charge >= 0.3 is 0 Å². The van der Waals surface area contributed by atoms with Crippen LogP contribution in [0.5, 0.6) is 0 Å². The Bertz CT molecular complexity index is 737. The van der Waals surface area contributed by atoms with Gasteiger partial charge in [-0.3, -0.25) is 9.59 Å². The molecule has 2 N–H and O–H groups in total. The third kappa shape index (κ3) is 4.16. The molecule has 2 amide bonds. The number of primary amides is 1. The topological polar surface area (TPSA) is 76.3 Å². The van der Waals surface area contributed by atoms with Gasteiger partial charge in [0, 0.05) is 29.2 Å². The highest BCUT2D eigenvalue weighted by atomic mass is 32.1. The zero-order valence-corrected chi connectivity index (χ0v) is 14.6. The van der Waals surface area contributed by atoms with Crippen LogP contribution in [-0.2, 0) is 6.54 Å². The summed E-state index contributed by atoms with van der Waals surface area (Å²) in [6, 6.07) is 5.12. The van der Waals surface area contributed by atoms with Crippen molar-refractivity contribution in [1.82, 2.24) is 9.88 Å². The van der Waals surface area contributed by atoms with Gasteiger partial charge in [-0.05, 0) is 36.6 Å². The second-order valence-corrected chi connectivity index (χ2v) is 6.85. The second-order valence-electron chi connectivity index (χ2n) is 5.91. The van der Waals surface area contributed by atoms with Crippen LogP contribution in [0.4, 0.5) is 0 Å². The van der Waals surface area contributed by atoms with Gasteiger partial charge in [-0.2, -0.15) is 0 Å². The number of aryl methyl sites for hydroxylation is 1. The van der Waals surface area contributed by atoms with E-state index in [1.807, 2.05) is 32.2 Å². The lowest BCUT2D eigenvalue weighted by atomic mass is 9.97. The Balaban J connectivity index is 2.28. The standard InChI is InChI=1S/C17H21N3O2S/c1-10(2)12-5-13(16(18)21)7-14(6-12)17(22)20(4)8-15-19-11(3)9-23-15/h5-7,9-10H,8H2,1-4H3,(H2,18,21). The van der Waals surface area contributed by atoms with E-state index in [0.717, 1.165) is 16.3 Å². The van der Waals surface area contributed by atoms with Gasteiger partial charge in [-0.25, -0.2) is 4.98 Å². The molecular weight excluding hydrogens is 310 g/mol. The van der Waals surface area contributed by atoms with Crippen LogP contribution in [0.25, 0.3) is 0 Å². The molecule has 0 bridgehead atoms. The molecule has 23 heavy (non-hydrogen) atoms. The summed E-state index contributed by atoms with van der Waals surface area (Å²) in [6.45, 7) is 6.38. The molecule has 0 saturated heterocycles. The van der Waals surface area contributed by atoms with Crippen molar-refractivity contribution in [2.24, 2.45) is 5.73 Å². The number of carbonyl (C=O) groups excluding carboxylic acids is 2. The molecule has 0 aliphatic heterocycles. The number of hydrogen-bond acceptors (Lipinski definition) is 4. The molecule has 0 aliphatic rings. The van der Waals surface area contributed by atoms with Crippen molar-refractivity contribution in [1.29, 1.82) is 0 Å². The molecule has 1 aromatic carbocycles. The largest absolute Gasteiger partial charge is 0.366 e. The minimum atomic E-state index is -0.528. The first-order valence-corrected chi connectivity index (χ1v) is 8.27. The lowest BCUT2D eigenvalue weighted by Gasteiger charge is -2.17. The number of benzene rings is 1. The fourth-order valence-corrected chi connectivity index (χ4v) is 3.05. The summed E-state index contributed by atoms with van der Waals surface area (Å²) < 4.78 is 0. The second kappa shape index (κ2) is 6.91. The normalized spacial score (nSPS) is 10.8. The number of thiazole rings is 1. The zero-order valence-electron chi connectivity index (χ0n) is 13.8. The molecule has 0 saturated carbocycles. The van der Waals surface area contributed by atoms with E-state index in [4.69, 9.17) is 5.73 Å². The summed E-state index contributed by atoms with van der Waals surface area (Å²) in [5, 5.41) is 2.84. The van der Waals surface area contributed by atoms with Gasteiger partial charge in [0.05, 0.1) is 6.54 Å². The van der Waals surface area contributed by atoms with Gasteiger partial charge in [0.2, 0.25) is 5.91 Å². The van der Waals surface area contributed by atoms with E-state index in [-0.39, 0.29) is 11.8 Å². The number of nitrogens with two attached hydrogens (primary N) is 1. The number of aromatic nitrogens is 1. The van der Waals surface area contributed by atoms with Crippen LogP contribution in [0.3, 0.4) is 0 Å². The minimum Gasteiger partial charge on any atom is -0.366 e. The number of amides is 2. The summed E-state index contributed by atoms with van der Waals surface area (Å²) in [4.78, 5) is 30.1. The lowest BCUT2D eigenvalue weighted by molar-refractivity contribution is 0.0785. The van der Waals surface area contributed by atoms with Crippen LogP contribution < -0.4 is 5.73 Å². The van der Waals surface area contributed by atoms with Crippen LogP contribution >= 0.6 is 11.3 Å². The van der Waals surface area contributed by atoms with Gasteiger partial charge in [0.1, 0.15) is 5.01 Å². The van der Waals surface area contributed by atoms with E-state index in [1.165, 1.54) is 11.3 Å². The monoisotopic (exact) mass is 331 g/mol. The number of carbonyl (C=O) groups is 2. The lowest BCUT2D eigenvalue weighted by Crippen LogP contribution is -2.27. The van der Waals surface area contributed by atoms with Crippen LogP contribution in [0, 0.1) is 6.92 Å². The molecule has 5 nitrogen and oxygen atoms in total. The van der Waals surface area contributed by atoms with E-state index in [2.05, 4.69) is 4.98 Å². The highest BCUT2D eigenvalue weighted by Crippen LogP contribution is 2.20. The third-order valence-corrected chi connectivity index (χ3v) is 4.49. The average molecular weight is 331 g/mol. The molecule has 6 heteroatoms.